The fourth-order valence-corrected chi connectivity index (χ4v) is 3.51. The van der Waals surface area contributed by atoms with E-state index >= 15 is 0 Å². The molecule has 1 atom stereocenters. The standard InChI is InChI=1S/C12H14INO3S/c13-10-5-9(7-18-10)12(17)14-4-3-8(6-14)1-2-11(15)16/h5,7-8H,1-4,6H2,(H,15,16). The van der Waals surface area contributed by atoms with E-state index in [2.05, 4.69) is 22.6 Å². The number of rotatable bonds is 4. The molecule has 2 heterocycles. The van der Waals surface area contributed by atoms with E-state index in [0.717, 1.165) is 21.4 Å². The Kier molecular flexibility index (Phi) is 4.60. The van der Waals surface area contributed by atoms with Crippen LogP contribution >= 0.6 is 33.9 Å². The number of carboxylic acids is 1. The summed E-state index contributed by atoms with van der Waals surface area (Å²) >= 11 is 3.77. The second kappa shape index (κ2) is 6.01. The van der Waals surface area contributed by atoms with E-state index in [1.165, 1.54) is 0 Å². The summed E-state index contributed by atoms with van der Waals surface area (Å²) in [6.45, 7) is 1.44. The zero-order chi connectivity index (χ0) is 13.1. The molecule has 1 amide bonds. The highest BCUT2D eigenvalue weighted by Gasteiger charge is 2.27. The molecule has 98 valence electrons. The Balaban J connectivity index is 1.88. The molecule has 1 aromatic rings. The topological polar surface area (TPSA) is 57.6 Å². The molecule has 2 rings (SSSR count). The fraction of sp³-hybridized carbons (Fsp3) is 0.500. The van der Waals surface area contributed by atoms with E-state index in [9.17, 15) is 9.59 Å². The van der Waals surface area contributed by atoms with Crippen LogP contribution in [0.5, 0.6) is 0 Å². The van der Waals surface area contributed by atoms with E-state index in [0.29, 0.717) is 18.9 Å². The van der Waals surface area contributed by atoms with Gasteiger partial charge in [-0.2, -0.15) is 0 Å². The average molecular weight is 379 g/mol. The van der Waals surface area contributed by atoms with Crippen LogP contribution in [0, 0.1) is 8.80 Å². The van der Waals surface area contributed by atoms with Crippen LogP contribution in [0.25, 0.3) is 0 Å². The Bertz CT molecular complexity index is 460. The number of hydrogen-bond donors (Lipinski definition) is 1. The molecule has 0 aliphatic carbocycles. The summed E-state index contributed by atoms with van der Waals surface area (Å²) in [6, 6.07) is 1.90. The maximum absolute atomic E-state index is 12.2. The lowest BCUT2D eigenvalue weighted by Gasteiger charge is -2.15. The minimum atomic E-state index is -0.757. The monoisotopic (exact) mass is 379 g/mol. The SMILES string of the molecule is O=C(O)CCC1CCN(C(=O)c2csc(I)c2)C1. The van der Waals surface area contributed by atoms with E-state index in [4.69, 9.17) is 5.11 Å². The number of halogens is 1. The Hall–Kier alpha value is -0.630. The summed E-state index contributed by atoms with van der Waals surface area (Å²) in [5.41, 5.74) is 0.753. The van der Waals surface area contributed by atoms with Gasteiger partial charge < -0.3 is 10.0 Å². The van der Waals surface area contributed by atoms with Gasteiger partial charge in [0.25, 0.3) is 5.91 Å². The third-order valence-corrected chi connectivity index (χ3v) is 4.94. The van der Waals surface area contributed by atoms with Crippen molar-refractivity contribution in [1.82, 2.24) is 4.90 Å². The van der Waals surface area contributed by atoms with Crippen LogP contribution in [0.1, 0.15) is 29.6 Å². The van der Waals surface area contributed by atoms with Gasteiger partial charge in [-0.05, 0) is 47.4 Å². The van der Waals surface area contributed by atoms with E-state index in [1.54, 1.807) is 11.3 Å². The molecule has 1 saturated heterocycles. The van der Waals surface area contributed by atoms with Gasteiger partial charge in [0.1, 0.15) is 0 Å². The Labute approximate surface area is 123 Å². The molecule has 1 unspecified atom stereocenters. The largest absolute Gasteiger partial charge is 0.481 e. The first-order valence-electron chi connectivity index (χ1n) is 5.81. The molecule has 6 heteroatoms. The lowest BCUT2D eigenvalue weighted by Crippen LogP contribution is -2.28. The van der Waals surface area contributed by atoms with Gasteiger partial charge in [0.15, 0.2) is 0 Å². The number of carbonyl (C=O) groups is 2. The highest BCUT2D eigenvalue weighted by Crippen LogP contribution is 2.24. The van der Waals surface area contributed by atoms with Crippen LogP contribution in [0.15, 0.2) is 11.4 Å². The van der Waals surface area contributed by atoms with Crippen LogP contribution < -0.4 is 0 Å². The molecule has 0 bridgehead atoms. The third kappa shape index (κ3) is 3.44. The minimum absolute atomic E-state index is 0.0759. The number of likely N-dealkylation sites (tertiary alicyclic amines) is 1. The highest BCUT2D eigenvalue weighted by molar-refractivity contribution is 14.1. The lowest BCUT2D eigenvalue weighted by atomic mass is 10.0. The molecule has 0 radical (unpaired) electrons. The number of carbonyl (C=O) groups excluding carboxylic acids is 1. The number of aliphatic carboxylic acids is 1. The van der Waals surface area contributed by atoms with Crippen LogP contribution in [-0.2, 0) is 4.79 Å². The quantitative estimate of drug-likeness (QED) is 0.819. The predicted molar refractivity (Wildman–Crippen MR) is 77.9 cm³/mol. The van der Waals surface area contributed by atoms with Crippen LogP contribution in [0.4, 0.5) is 0 Å². The van der Waals surface area contributed by atoms with E-state index < -0.39 is 5.97 Å². The van der Waals surface area contributed by atoms with Crippen molar-refractivity contribution in [2.45, 2.75) is 19.3 Å². The van der Waals surface area contributed by atoms with Crippen molar-refractivity contribution >= 4 is 45.8 Å². The summed E-state index contributed by atoms with van der Waals surface area (Å²) in [4.78, 5) is 24.5. The highest BCUT2D eigenvalue weighted by atomic mass is 127. The second-order valence-corrected chi connectivity index (χ2v) is 7.28. The average Bonchev–Trinajstić information content (AvgIpc) is 2.94. The van der Waals surface area contributed by atoms with Gasteiger partial charge in [0.05, 0.1) is 8.45 Å². The Morgan fingerprint density at radius 3 is 2.94 bits per heavy atom. The van der Waals surface area contributed by atoms with Crippen molar-refractivity contribution in [2.24, 2.45) is 5.92 Å². The molecular weight excluding hydrogens is 365 g/mol. The molecule has 1 N–H and O–H groups in total. The number of amides is 1. The molecule has 18 heavy (non-hydrogen) atoms. The second-order valence-electron chi connectivity index (χ2n) is 4.48. The number of hydrogen-bond acceptors (Lipinski definition) is 3. The van der Waals surface area contributed by atoms with Crippen molar-refractivity contribution in [2.75, 3.05) is 13.1 Å². The first-order chi connectivity index (χ1) is 8.56. The molecule has 1 aliphatic heterocycles. The van der Waals surface area contributed by atoms with Gasteiger partial charge in [-0.3, -0.25) is 9.59 Å². The zero-order valence-electron chi connectivity index (χ0n) is 9.76. The van der Waals surface area contributed by atoms with Gasteiger partial charge in [0.2, 0.25) is 0 Å². The van der Waals surface area contributed by atoms with Gasteiger partial charge in [-0.1, -0.05) is 0 Å². The first kappa shape index (κ1) is 13.8. The third-order valence-electron chi connectivity index (χ3n) is 3.15. The van der Waals surface area contributed by atoms with Crippen LogP contribution in [0.3, 0.4) is 0 Å². The number of thiophene rings is 1. The number of carboxylic acid groups (broad SMARTS) is 1. The van der Waals surface area contributed by atoms with Crippen molar-refractivity contribution in [3.05, 3.63) is 19.9 Å². The summed E-state index contributed by atoms with van der Waals surface area (Å²) in [7, 11) is 0. The van der Waals surface area contributed by atoms with Gasteiger partial charge in [-0.15, -0.1) is 11.3 Å². The summed E-state index contributed by atoms with van der Waals surface area (Å²) < 4.78 is 1.11. The van der Waals surface area contributed by atoms with Gasteiger partial charge in [-0.25, -0.2) is 0 Å². The summed E-state index contributed by atoms with van der Waals surface area (Å²) in [6.07, 6.45) is 1.78. The van der Waals surface area contributed by atoms with Crippen LogP contribution in [-0.4, -0.2) is 35.0 Å². The summed E-state index contributed by atoms with van der Waals surface area (Å²) in [5, 5.41) is 10.5. The molecule has 1 aliphatic rings. The molecule has 0 saturated carbocycles. The van der Waals surface area contributed by atoms with E-state index in [1.807, 2.05) is 16.3 Å². The van der Waals surface area contributed by atoms with Gasteiger partial charge in [0, 0.05) is 24.9 Å². The Morgan fingerprint density at radius 1 is 1.56 bits per heavy atom. The smallest absolute Gasteiger partial charge is 0.303 e. The normalized spacial score (nSPS) is 19.2. The Morgan fingerprint density at radius 2 is 2.33 bits per heavy atom. The molecule has 1 aromatic heterocycles. The fourth-order valence-electron chi connectivity index (χ4n) is 2.19. The first-order valence-corrected chi connectivity index (χ1v) is 7.77. The maximum Gasteiger partial charge on any atom is 0.303 e. The van der Waals surface area contributed by atoms with Crippen molar-refractivity contribution in [3.8, 4) is 0 Å². The lowest BCUT2D eigenvalue weighted by molar-refractivity contribution is -0.137. The zero-order valence-corrected chi connectivity index (χ0v) is 12.7. The predicted octanol–water partition coefficient (Wildman–Crippen LogP) is 2.68. The van der Waals surface area contributed by atoms with Crippen molar-refractivity contribution < 1.29 is 14.7 Å². The summed E-state index contributed by atoms with van der Waals surface area (Å²) in [5.74, 6) is -0.345. The molecular formula is C12H14INO3S. The van der Waals surface area contributed by atoms with Gasteiger partial charge >= 0.3 is 5.97 Å². The van der Waals surface area contributed by atoms with E-state index in [-0.39, 0.29) is 12.3 Å². The maximum atomic E-state index is 12.2. The van der Waals surface area contributed by atoms with Crippen molar-refractivity contribution in [1.29, 1.82) is 0 Å². The minimum Gasteiger partial charge on any atom is -0.481 e. The van der Waals surface area contributed by atoms with Crippen LogP contribution in [0.2, 0.25) is 0 Å². The molecule has 0 spiro atoms. The number of nitrogens with zero attached hydrogens (tertiary/aromatic N) is 1. The van der Waals surface area contributed by atoms with Crippen molar-refractivity contribution in [3.63, 3.8) is 0 Å². The molecule has 1 fully saturated rings. The molecule has 0 aromatic carbocycles. The molecule has 4 nitrogen and oxygen atoms in total.